The van der Waals surface area contributed by atoms with Crippen LogP contribution < -0.4 is 0 Å². The maximum absolute atomic E-state index is 12.5. The predicted molar refractivity (Wildman–Crippen MR) is 86.8 cm³/mol. The lowest BCUT2D eigenvalue weighted by atomic mass is 9.89. The van der Waals surface area contributed by atoms with E-state index < -0.39 is 32.1 Å². The summed E-state index contributed by atoms with van der Waals surface area (Å²) in [6.07, 6.45) is 0. The lowest BCUT2D eigenvalue weighted by Crippen LogP contribution is -2.13. The van der Waals surface area contributed by atoms with Crippen LogP contribution in [0.1, 0.15) is 33.0 Å². The molecule has 2 aromatic carbocycles. The molecule has 0 amide bonds. The summed E-state index contributed by atoms with van der Waals surface area (Å²) in [5.74, 6) is -1.75. The van der Waals surface area contributed by atoms with Gasteiger partial charge in [0.15, 0.2) is 6.79 Å². The Balaban J connectivity index is 1.89. The second-order valence-corrected chi connectivity index (χ2v) is 6.74. The van der Waals surface area contributed by atoms with E-state index in [2.05, 4.69) is 4.52 Å². The monoisotopic (exact) mass is 362 g/mol. The van der Waals surface area contributed by atoms with Crippen molar-refractivity contribution in [2.24, 2.45) is 0 Å². The maximum Gasteiger partial charge on any atom is 0.471 e. The van der Waals surface area contributed by atoms with Crippen LogP contribution in [-0.2, 0) is 25.2 Å². The summed E-state index contributed by atoms with van der Waals surface area (Å²) in [5.41, 5.74) is 2.20. The van der Waals surface area contributed by atoms with Crippen molar-refractivity contribution >= 4 is 19.4 Å². The zero-order chi connectivity index (χ0) is 18.0. The molecule has 2 aromatic rings. The number of ether oxygens (including phenoxy) is 1. The van der Waals surface area contributed by atoms with Crippen LogP contribution in [0, 0.1) is 0 Å². The molecular formula is C17H15O7P. The van der Waals surface area contributed by atoms with Crippen LogP contribution in [0.25, 0.3) is 0 Å². The van der Waals surface area contributed by atoms with Crippen molar-refractivity contribution in [3.63, 3.8) is 0 Å². The molecule has 7 nitrogen and oxygen atoms in total. The Bertz CT molecular complexity index is 857. The Morgan fingerprint density at radius 2 is 1.72 bits per heavy atom. The highest BCUT2D eigenvalue weighted by Gasteiger charge is 2.40. The maximum atomic E-state index is 12.5. The SMILES string of the molecule is O=C1C(=O)C(c2ccccc2)c2c(COCOP(=O)(O)O)cccc21. The van der Waals surface area contributed by atoms with Crippen molar-refractivity contribution in [2.45, 2.75) is 12.5 Å². The molecule has 0 bridgehead atoms. The first-order valence-electron chi connectivity index (χ1n) is 7.41. The highest BCUT2D eigenvalue weighted by molar-refractivity contribution is 7.46. The van der Waals surface area contributed by atoms with Gasteiger partial charge in [-0.3, -0.25) is 14.1 Å². The van der Waals surface area contributed by atoms with Crippen molar-refractivity contribution in [1.29, 1.82) is 0 Å². The van der Waals surface area contributed by atoms with Crippen LogP contribution in [0.5, 0.6) is 0 Å². The average molecular weight is 362 g/mol. The predicted octanol–water partition coefficient (Wildman–Crippen LogP) is 2.17. The van der Waals surface area contributed by atoms with Crippen LogP contribution in [0.4, 0.5) is 0 Å². The highest BCUT2D eigenvalue weighted by Crippen LogP contribution is 2.39. The van der Waals surface area contributed by atoms with Gasteiger partial charge in [-0.25, -0.2) is 4.57 Å². The number of ketones is 2. The molecule has 1 unspecified atom stereocenters. The molecular weight excluding hydrogens is 347 g/mol. The van der Waals surface area contributed by atoms with Crippen molar-refractivity contribution < 1.29 is 33.2 Å². The first-order valence-corrected chi connectivity index (χ1v) is 8.94. The van der Waals surface area contributed by atoms with E-state index in [1.54, 1.807) is 42.5 Å². The first kappa shape index (κ1) is 17.7. The van der Waals surface area contributed by atoms with Crippen LogP contribution in [-0.4, -0.2) is 28.1 Å². The Labute approximate surface area is 143 Å². The molecule has 0 aromatic heterocycles. The number of hydrogen-bond donors (Lipinski definition) is 2. The number of benzene rings is 2. The topological polar surface area (TPSA) is 110 Å². The van der Waals surface area contributed by atoms with Crippen molar-refractivity contribution in [1.82, 2.24) is 0 Å². The van der Waals surface area contributed by atoms with Gasteiger partial charge in [0.05, 0.1) is 12.5 Å². The molecule has 25 heavy (non-hydrogen) atoms. The summed E-state index contributed by atoms with van der Waals surface area (Å²) in [4.78, 5) is 42.0. The van der Waals surface area contributed by atoms with Gasteiger partial charge in [0, 0.05) is 5.56 Å². The van der Waals surface area contributed by atoms with Gasteiger partial charge in [-0.1, -0.05) is 48.5 Å². The fraction of sp³-hybridized carbons (Fsp3) is 0.176. The number of phosphoric ester groups is 1. The van der Waals surface area contributed by atoms with Gasteiger partial charge in [0.1, 0.15) is 0 Å². The minimum Gasteiger partial charge on any atom is -0.350 e. The van der Waals surface area contributed by atoms with Crippen LogP contribution in [0.15, 0.2) is 48.5 Å². The number of carbonyl (C=O) groups excluding carboxylic acids is 2. The summed E-state index contributed by atoms with van der Waals surface area (Å²) >= 11 is 0. The van der Waals surface area contributed by atoms with Crippen molar-refractivity contribution in [3.05, 3.63) is 70.8 Å². The minimum atomic E-state index is -4.62. The molecule has 0 heterocycles. The summed E-state index contributed by atoms with van der Waals surface area (Å²) in [6.45, 7) is -0.654. The largest absolute Gasteiger partial charge is 0.471 e. The van der Waals surface area contributed by atoms with Gasteiger partial charge >= 0.3 is 7.82 Å². The molecule has 0 fully saturated rings. The second-order valence-electron chi connectivity index (χ2n) is 5.50. The quantitative estimate of drug-likeness (QED) is 0.351. The molecule has 1 aliphatic rings. The molecule has 1 atom stereocenters. The summed E-state index contributed by atoms with van der Waals surface area (Å²) < 4.78 is 20.0. The third kappa shape index (κ3) is 3.76. The van der Waals surface area contributed by atoms with Crippen molar-refractivity contribution in [3.8, 4) is 0 Å². The molecule has 0 saturated heterocycles. The van der Waals surface area contributed by atoms with Gasteiger partial charge in [-0.15, -0.1) is 0 Å². The Hall–Kier alpha value is -2.15. The molecule has 8 heteroatoms. The molecule has 130 valence electrons. The van der Waals surface area contributed by atoms with E-state index >= 15 is 0 Å². The van der Waals surface area contributed by atoms with E-state index in [0.717, 1.165) is 0 Å². The molecule has 1 aliphatic carbocycles. The summed E-state index contributed by atoms with van der Waals surface area (Å²) in [7, 11) is -4.62. The summed E-state index contributed by atoms with van der Waals surface area (Å²) in [5, 5.41) is 0. The van der Waals surface area contributed by atoms with Crippen molar-refractivity contribution in [2.75, 3.05) is 6.79 Å². The van der Waals surface area contributed by atoms with Crippen LogP contribution in [0.2, 0.25) is 0 Å². The number of fused-ring (bicyclic) bond motifs is 1. The van der Waals surface area contributed by atoms with Crippen LogP contribution in [0.3, 0.4) is 0 Å². The average Bonchev–Trinajstić information content (AvgIpc) is 2.84. The third-order valence-corrected chi connectivity index (χ3v) is 4.35. The fourth-order valence-corrected chi connectivity index (χ4v) is 3.11. The Kier molecular flexibility index (Phi) is 4.94. The Morgan fingerprint density at radius 1 is 1.00 bits per heavy atom. The van der Waals surface area contributed by atoms with E-state index in [0.29, 0.717) is 22.3 Å². The molecule has 0 saturated carbocycles. The summed E-state index contributed by atoms with van der Waals surface area (Å²) in [6, 6.07) is 13.9. The molecule has 0 aliphatic heterocycles. The van der Waals surface area contributed by atoms with Gasteiger partial charge in [-0.2, -0.15) is 0 Å². The van der Waals surface area contributed by atoms with Gasteiger partial charge in [0.2, 0.25) is 11.6 Å². The lowest BCUT2D eigenvalue weighted by molar-refractivity contribution is -0.115. The van der Waals surface area contributed by atoms with E-state index in [1.165, 1.54) is 0 Å². The second kappa shape index (κ2) is 7.00. The number of carbonyl (C=O) groups is 2. The Morgan fingerprint density at radius 3 is 2.40 bits per heavy atom. The molecule has 0 spiro atoms. The number of Topliss-reactive ketones (excluding diaryl/α,β-unsaturated/α-hetero) is 2. The van der Waals surface area contributed by atoms with Crippen LogP contribution >= 0.6 is 7.82 Å². The zero-order valence-electron chi connectivity index (χ0n) is 13.0. The zero-order valence-corrected chi connectivity index (χ0v) is 13.9. The highest BCUT2D eigenvalue weighted by atomic mass is 31.2. The number of rotatable bonds is 6. The van der Waals surface area contributed by atoms with Gasteiger partial charge in [-0.05, 0) is 16.7 Å². The van der Waals surface area contributed by atoms with E-state index in [9.17, 15) is 14.2 Å². The first-order chi connectivity index (χ1) is 11.9. The number of phosphoric acid groups is 1. The molecule has 2 N–H and O–H groups in total. The van der Waals surface area contributed by atoms with E-state index in [4.69, 9.17) is 14.5 Å². The minimum absolute atomic E-state index is 0.0485. The third-order valence-electron chi connectivity index (χ3n) is 3.91. The normalized spacial score (nSPS) is 17.0. The lowest BCUT2D eigenvalue weighted by Gasteiger charge is -2.15. The van der Waals surface area contributed by atoms with Gasteiger partial charge < -0.3 is 14.5 Å². The van der Waals surface area contributed by atoms with Gasteiger partial charge in [0.25, 0.3) is 0 Å². The smallest absolute Gasteiger partial charge is 0.350 e. The van der Waals surface area contributed by atoms with E-state index in [-0.39, 0.29) is 6.61 Å². The van der Waals surface area contributed by atoms with E-state index in [1.807, 2.05) is 6.07 Å². The molecule has 3 rings (SSSR count). The fourth-order valence-electron chi connectivity index (χ4n) is 2.89. The number of hydrogen-bond acceptors (Lipinski definition) is 5. The standard InChI is InChI=1S/C17H15O7P/c18-16-13-8-4-7-12(9-23-10-24-25(20,21)22)14(13)15(17(16)19)11-5-2-1-3-6-11/h1-8,15H,9-10H2,(H2,20,21,22). The molecule has 0 radical (unpaired) electrons.